The number of nitrogens with one attached hydrogen (secondary N) is 1. The fourth-order valence-corrected chi connectivity index (χ4v) is 2.21. The summed E-state index contributed by atoms with van der Waals surface area (Å²) in [5.41, 5.74) is -0.255. The van der Waals surface area contributed by atoms with E-state index in [4.69, 9.17) is 4.74 Å². The highest BCUT2D eigenvalue weighted by Gasteiger charge is 2.36. The smallest absolute Gasteiger partial charge is 0.419 e. The molecule has 0 aliphatic carbocycles. The Morgan fingerprint density at radius 1 is 1.35 bits per heavy atom. The minimum Gasteiger partial charge on any atom is -0.487 e. The summed E-state index contributed by atoms with van der Waals surface area (Å²) in [6, 6.07) is 3.94. The quantitative estimate of drug-likeness (QED) is 0.862. The predicted octanol–water partition coefficient (Wildman–Crippen LogP) is 3.35. The van der Waals surface area contributed by atoms with E-state index >= 15 is 0 Å². The van der Waals surface area contributed by atoms with Crippen molar-refractivity contribution >= 4 is 0 Å². The van der Waals surface area contributed by atoms with Gasteiger partial charge >= 0.3 is 6.18 Å². The lowest BCUT2D eigenvalue weighted by Gasteiger charge is -2.28. The largest absolute Gasteiger partial charge is 0.487 e. The standard InChI is InChI=1S/C14H17F4NO/c1-2-9-3-4-12(10(7-9)14(16,17)18)20-13-5-6-19-8-11(13)15/h3-4,7,11,13,19H,2,5-6,8H2,1H3/t11-,13?/m1/s1. The number of aryl methyl sites for hydroxylation is 1. The van der Waals surface area contributed by atoms with Crippen LogP contribution in [0.5, 0.6) is 5.75 Å². The average molecular weight is 291 g/mol. The van der Waals surface area contributed by atoms with E-state index in [1.54, 1.807) is 13.0 Å². The van der Waals surface area contributed by atoms with Gasteiger partial charge in [-0.2, -0.15) is 13.2 Å². The maximum absolute atomic E-state index is 13.6. The molecule has 20 heavy (non-hydrogen) atoms. The van der Waals surface area contributed by atoms with Crippen LogP contribution in [0.3, 0.4) is 0 Å². The first kappa shape index (κ1) is 15.1. The molecule has 2 nitrogen and oxygen atoms in total. The van der Waals surface area contributed by atoms with Gasteiger partial charge in [0.05, 0.1) is 5.56 Å². The molecule has 1 aromatic carbocycles. The minimum absolute atomic E-state index is 0.110. The van der Waals surface area contributed by atoms with Crippen molar-refractivity contribution in [2.24, 2.45) is 0 Å². The van der Waals surface area contributed by atoms with Gasteiger partial charge in [0, 0.05) is 6.54 Å². The van der Waals surface area contributed by atoms with Gasteiger partial charge < -0.3 is 10.1 Å². The van der Waals surface area contributed by atoms with Gasteiger partial charge in [0.1, 0.15) is 18.0 Å². The van der Waals surface area contributed by atoms with E-state index in [9.17, 15) is 17.6 Å². The molecule has 0 spiro atoms. The number of hydrogen-bond acceptors (Lipinski definition) is 2. The van der Waals surface area contributed by atoms with Crippen molar-refractivity contribution in [3.05, 3.63) is 29.3 Å². The van der Waals surface area contributed by atoms with Gasteiger partial charge in [-0.3, -0.25) is 0 Å². The van der Waals surface area contributed by atoms with Crippen LogP contribution in [0.15, 0.2) is 18.2 Å². The summed E-state index contributed by atoms with van der Waals surface area (Å²) in [4.78, 5) is 0. The van der Waals surface area contributed by atoms with Crippen LogP contribution in [-0.4, -0.2) is 25.4 Å². The van der Waals surface area contributed by atoms with E-state index in [-0.39, 0.29) is 12.3 Å². The molecule has 112 valence electrons. The van der Waals surface area contributed by atoms with Gasteiger partial charge in [-0.1, -0.05) is 13.0 Å². The van der Waals surface area contributed by atoms with Crippen molar-refractivity contribution in [2.45, 2.75) is 38.2 Å². The zero-order chi connectivity index (χ0) is 14.8. The molecule has 2 rings (SSSR count). The lowest BCUT2D eigenvalue weighted by molar-refractivity contribution is -0.139. The molecule has 1 N–H and O–H groups in total. The van der Waals surface area contributed by atoms with Crippen LogP contribution in [0.25, 0.3) is 0 Å². The molecule has 1 heterocycles. The van der Waals surface area contributed by atoms with Gasteiger partial charge in [-0.15, -0.1) is 0 Å². The second-order valence-electron chi connectivity index (χ2n) is 4.85. The van der Waals surface area contributed by atoms with E-state index < -0.39 is 24.0 Å². The zero-order valence-corrected chi connectivity index (χ0v) is 11.1. The summed E-state index contributed by atoms with van der Waals surface area (Å²) in [5.74, 6) is -0.288. The first-order valence-corrected chi connectivity index (χ1v) is 6.63. The van der Waals surface area contributed by atoms with Crippen LogP contribution in [0.2, 0.25) is 0 Å². The third-order valence-corrected chi connectivity index (χ3v) is 3.38. The fraction of sp³-hybridized carbons (Fsp3) is 0.571. The van der Waals surface area contributed by atoms with Crippen molar-refractivity contribution in [2.75, 3.05) is 13.1 Å². The third-order valence-electron chi connectivity index (χ3n) is 3.38. The highest BCUT2D eigenvalue weighted by atomic mass is 19.4. The molecule has 0 saturated carbocycles. The lowest BCUT2D eigenvalue weighted by Crippen LogP contribution is -2.44. The van der Waals surface area contributed by atoms with Gasteiger partial charge in [0.25, 0.3) is 0 Å². The maximum atomic E-state index is 13.6. The summed E-state index contributed by atoms with van der Waals surface area (Å²) in [6.07, 6.45) is -5.77. The van der Waals surface area contributed by atoms with Crippen molar-refractivity contribution in [1.82, 2.24) is 5.32 Å². The first-order chi connectivity index (χ1) is 9.41. The van der Waals surface area contributed by atoms with Crippen molar-refractivity contribution in [3.63, 3.8) is 0 Å². The van der Waals surface area contributed by atoms with Crippen LogP contribution >= 0.6 is 0 Å². The highest BCUT2D eigenvalue weighted by molar-refractivity contribution is 5.39. The summed E-state index contributed by atoms with van der Waals surface area (Å²) in [5, 5.41) is 2.84. The van der Waals surface area contributed by atoms with Crippen molar-refractivity contribution < 1.29 is 22.3 Å². The monoisotopic (exact) mass is 291 g/mol. The molecule has 0 aromatic heterocycles. The lowest BCUT2D eigenvalue weighted by atomic mass is 10.1. The number of benzene rings is 1. The Morgan fingerprint density at radius 2 is 2.10 bits per heavy atom. The van der Waals surface area contributed by atoms with E-state index in [0.717, 1.165) is 6.07 Å². The summed E-state index contributed by atoms with van der Waals surface area (Å²) >= 11 is 0. The normalized spacial score (nSPS) is 23.6. The van der Waals surface area contributed by atoms with Crippen LogP contribution in [-0.2, 0) is 12.6 Å². The minimum atomic E-state index is -4.50. The molecular weight excluding hydrogens is 274 g/mol. The molecule has 0 amide bonds. The van der Waals surface area contributed by atoms with Gasteiger partial charge in [-0.25, -0.2) is 4.39 Å². The van der Waals surface area contributed by atoms with E-state index in [1.165, 1.54) is 6.07 Å². The second kappa shape index (κ2) is 5.99. The summed E-state index contributed by atoms with van der Waals surface area (Å²) in [7, 11) is 0. The van der Waals surface area contributed by atoms with Crippen molar-refractivity contribution in [3.8, 4) is 5.75 Å². The molecule has 1 aliphatic heterocycles. The Balaban J connectivity index is 2.26. The number of ether oxygens (including phenoxy) is 1. The predicted molar refractivity (Wildman–Crippen MR) is 67.6 cm³/mol. The molecule has 1 fully saturated rings. The van der Waals surface area contributed by atoms with Gasteiger partial charge in [-0.05, 0) is 37.1 Å². The van der Waals surface area contributed by atoms with Crippen LogP contribution in [0.4, 0.5) is 17.6 Å². The average Bonchev–Trinajstić information content (AvgIpc) is 2.40. The molecule has 1 unspecified atom stereocenters. The van der Waals surface area contributed by atoms with Crippen molar-refractivity contribution in [1.29, 1.82) is 0 Å². The van der Waals surface area contributed by atoms with Gasteiger partial charge in [0.15, 0.2) is 0 Å². The Labute approximate surface area is 115 Å². The first-order valence-electron chi connectivity index (χ1n) is 6.63. The molecule has 6 heteroatoms. The molecule has 0 bridgehead atoms. The van der Waals surface area contributed by atoms with Crippen LogP contribution in [0.1, 0.15) is 24.5 Å². The Bertz CT molecular complexity index is 461. The zero-order valence-electron chi connectivity index (χ0n) is 11.1. The molecule has 2 atom stereocenters. The molecular formula is C14H17F4NO. The van der Waals surface area contributed by atoms with Crippen LogP contribution < -0.4 is 10.1 Å². The van der Waals surface area contributed by atoms with E-state index in [1.807, 2.05) is 0 Å². The van der Waals surface area contributed by atoms with E-state index in [2.05, 4.69) is 5.32 Å². The Morgan fingerprint density at radius 3 is 2.70 bits per heavy atom. The number of alkyl halides is 4. The van der Waals surface area contributed by atoms with Crippen LogP contribution in [0, 0.1) is 0 Å². The fourth-order valence-electron chi connectivity index (χ4n) is 2.21. The molecule has 1 saturated heterocycles. The second-order valence-corrected chi connectivity index (χ2v) is 4.85. The summed E-state index contributed by atoms with van der Waals surface area (Å²) in [6.45, 7) is 2.43. The number of hydrogen-bond donors (Lipinski definition) is 1. The summed E-state index contributed by atoms with van der Waals surface area (Å²) < 4.78 is 58.0. The number of halogens is 4. The molecule has 0 radical (unpaired) electrons. The SMILES string of the molecule is CCc1ccc(OC2CCNC[C@H]2F)c(C(F)(F)F)c1. The Kier molecular flexibility index (Phi) is 4.52. The molecule has 1 aliphatic rings. The maximum Gasteiger partial charge on any atom is 0.419 e. The number of rotatable bonds is 3. The molecule has 1 aromatic rings. The van der Waals surface area contributed by atoms with Gasteiger partial charge in [0.2, 0.25) is 0 Å². The topological polar surface area (TPSA) is 21.3 Å². The third kappa shape index (κ3) is 3.42. The number of piperidine rings is 1. The Hall–Kier alpha value is -1.30. The van der Waals surface area contributed by atoms with E-state index in [0.29, 0.717) is 24.9 Å². The highest BCUT2D eigenvalue weighted by Crippen LogP contribution is 2.38.